The topological polar surface area (TPSA) is 43.1 Å². The Kier molecular flexibility index (Phi) is 2.10. The van der Waals surface area contributed by atoms with Gasteiger partial charge < -0.3 is 5.73 Å². The van der Waals surface area contributed by atoms with E-state index in [-0.39, 0.29) is 11.8 Å². The van der Waals surface area contributed by atoms with Crippen molar-refractivity contribution in [3.8, 4) is 0 Å². The highest BCUT2D eigenvalue weighted by atomic mass is 35.5. The molecule has 1 aromatic rings. The fourth-order valence-corrected chi connectivity index (χ4v) is 1.94. The molecular weight excluding hydrogens is 186 g/mol. The average Bonchev–Trinajstić information content (AvgIpc) is 2.12. The van der Waals surface area contributed by atoms with E-state index >= 15 is 0 Å². The second-order valence-electron chi connectivity index (χ2n) is 3.28. The molecule has 2 N–H and O–H groups in total. The lowest BCUT2D eigenvalue weighted by molar-refractivity contribution is 0.0948. The Hall–Kier alpha value is -0.860. The van der Waals surface area contributed by atoms with Crippen LogP contribution in [0.15, 0.2) is 18.2 Å². The van der Waals surface area contributed by atoms with E-state index in [2.05, 4.69) is 0 Å². The van der Waals surface area contributed by atoms with Gasteiger partial charge in [0.1, 0.15) is 0 Å². The molecule has 0 saturated heterocycles. The summed E-state index contributed by atoms with van der Waals surface area (Å²) in [6, 6.07) is 5.05. The van der Waals surface area contributed by atoms with Gasteiger partial charge in [0.05, 0.1) is 6.04 Å². The molecule has 0 amide bonds. The summed E-state index contributed by atoms with van der Waals surface area (Å²) in [4.78, 5) is 11.6. The van der Waals surface area contributed by atoms with Gasteiger partial charge in [-0.05, 0) is 24.5 Å². The third-order valence-corrected chi connectivity index (χ3v) is 2.78. The number of hydrogen-bond acceptors (Lipinski definition) is 2. The predicted molar refractivity (Wildman–Crippen MR) is 52.1 cm³/mol. The van der Waals surface area contributed by atoms with Crippen molar-refractivity contribution in [3.63, 3.8) is 0 Å². The summed E-state index contributed by atoms with van der Waals surface area (Å²) in [5.41, 5.74) is 7.31. The van der Waals surface area contributed by atoms with Crippen molar-refractivity contribution in [2.45, 2.75) is 18.9 Å². The van der Waals surface area contributed by atoms with Gasteiger partial charge in [-0.2, -0.15) is 0 Å². The first-order chi connectivity index (χ1) is 6.20. The third-order valence-electron chi connectivity index (χ3n) is 2.43. The largest absolute Gasteiger partial charge is 0.321 e. The van der Waals surface area contributed by atoms with Gasteiger partial charge in [0.2, 0.25) is 0 Å². The van der Waals surface area contributed by atoms with Crippen LogP contribution in [-0.4, -0.2) is 11.8 Å². The van der Waals surface area contributed by atoms with Crippen molar-refractivity contribution in [1.29, 1.82) is 0 Å². The van der Waals surface area contributed by atoms with E-state index in [9.17, 15) is 4.79 Å². The molecule has 2 rings (SSSR count). The second kappa shape index (κ2) is 3.13. The van der Waals surface area contributed by atoms with Crippen molar-refractivity contribution in [2.75, 3.05) is 0 Å². The van der Waals surface area contributed by atoms with Crippen LogP contribution in [0, 0.1) is 0 Å². The van der Waals surface area contributed by atoms with Crippen LogP contribution in [0.4, 0.5) is 0 Å². The van der Waals surface area contributed by atoms with Gasteiger partial charge in [-0.1, -0.05) is 23.7 Å². The highest BCUT2D eigenvalue weighted by Gasteiger charge is 2.25. The number of fused-ring (bicyclic) bond motifs is 1. The molecular formula is C10H10ClNO. The predicted octanol–water partition coefficient (Wildman–Crippen LogP) is 1.80. The van der Waals surface area contributed by atoms with Crippen LogP contribution in [0.25, 0.3) is 0 Å². The first-order valence-electron chi connectivity index (χ1n) is 4.27. The second-order valence-corrected chi connectivity index (χ2v) is 3.68. The summed E-state index contributed by atoms with van der Waals surface area (Å²) in [6.07, 6.45) is 1.51. The van der Waals surface area contributed by atoms with E-state index in [4.69, 9.17) is 17.3 Å². The summed E-state index contributed by atoms with van der Waals surface area (Å²) >= 11 is 5.96. The number of carbonyl (C=O) groups excluding carboxylic acids is 1. The first-order valence-corrected chi connectivity index (χ1v) is 4.65. The molecule has 1 aliphatic carbocycles. The van der Waals surface area contributed by atoms with E-state index in [1.807, 2.05) is 6.07 Å². The van der Waals surface area contributed by atoms with Crippen LogP contribution in [0.3, 0.4) is 0 Å². The summed E-state index contributed by atoms with van der Waals surface area (Å²) in [5, 5.41) is 0.678. The van der Waals surface area contributed by atoms with E-state index < -0.39 is 0 Å². The maximum absolute atomic E-state index is 11.6. The van der Waals surface area contributed by atoms with Crippen molar-refractivity contribution in [2.24, 2.45) is 5.73 Å². The maximum atomic E-state index is 11.6. The zero-order valence-electron chi connectivity index (χ0n) is 7.09. The summed E-state index contributed by atoms with van der Waals surface area (Å²) < 4.78 is 0. The van der Waals surface area contributed by atoms with Gasteiger partial charge in [0, 0.05) is 10.6 Å². The molecule has 0 saturated carbocycles. The van der Waals surface area contributed by atoms with Crippen molar-refractivity contribution < 1.29 is 4.79 Å². The number of Topliss-reactive ketones (excluding diaryl/α,β-unsaturated/α-hetero) is 1. The van der Waals surface area contributed by atoms with Gasteiger partial charge in [-0.25, -0.2) is 0 Å². The van der Waals surface area contributed by atoms with Crippen molar-refractivity contribution in [3.05, 3.63) is 34.3 Å². The zero-order valence-corrected chi connectivity index (χ0v) is 7.84. The summed E-state index contributed by atoms with van der Waals surface area (Å²) in [6.45, 7) is 0. The molecule has 0 fully saturated rings. The van der Waals surface area contributed by atoms with Crippen molar-refractivity contribution >= 4 is 17.4 Å². The monoisotopic (exact) mass is 195 g/mol. The lowest BCUT2D eigenvalue weighted by Crippen LogP contribution is -2.35. The number of rotatable bonds is 0. The molecule has 1 aromatic carbocycles. The molecule has 0 radical (unpaired) electrons. The Morgan fingerprint density at radius 3 is 3.00 bits per heavy atom. The fourth-order valence-electron chi connectivity index (χ4n) is 1.67. The van der Waals surface area contributed by atoms with Gasteiger partial charge in [-0.15, -0.1) is 0 Å². The number of halogens is 1. The quantitative estimate of drug-likeness (QED) is 0.686. The highest BCUT2D eigenvalue weighted by molar-refractivity contribution is 6.32. The van der Waals surface area contributed by atoms with E-state index in [0.29, 0.717) is 17.0 Å². The lowest BCUT2D eigenvalue weighted by atomic mass is 9.88. The molecule has 0 bridgehead atoms. The number of carbonyl (C=O) groups is 1. The van der Waals surface area contributed by atoms with Crippen LogP contribution in [0.2, 0.25) is 5.02 Å². The molecule has 3 heteroatoms. The van der Waals surface area contributed by atoms with Crippen molar-refractivity contribution in [1.82, 2.24) is 0 Å². The average molecular weight is 196 g/mol. The molecule has 0 spiro atoms. The number of hydrogen-bond donors (Lipinski definition) is 1. The van der Waals surface area contributed by atoms with Crippen LogP contribution in [0.5, 0.6) is 0 Å². The van der Waals surface area contributed by atoms with E-state index in [1.165, 1.54) is 0 Å². The number of nitrogens with two attached hydrogens (primary N) is 1. The standard InChI is InChI=1S/C10H10ClNO/c11-8-3-1-2-7-6(8)4-5-9(12)10(7)13/h1-3,9H,4-5,12H2/t9-/m1/s1. The Bertz CT molecular complexity index is 362. The Morgan fingerprint density at radius 2 is 2.23 bits per heavy atom. The molecule has 0 heterocycles. The van der Waals surface area contributed by atoms with Gasteiger partial charge in [0.25, 0.3) is 0 Å². The molecule has 68 valence electrons. The Morgan fingerprint density at radius 1 is 1.46 bits per heavy atom. The normalized spacial score (nSPS) is 21.4. The van der Waals surface area contributed by atoms with Gasteiger partial charge in [-0.3, -0.25) is 4.79 Å². The molecule has 0 unspecified atom stereocenters. The SMILES string of the molecule is N[C@@H]1CCc2c(Cl)cccc2C1=O. The molecule has 2 nitrogen and oxygen atoms in total. The highest BCUT2D eigenvalue weighted by Crippen LogP contribution is 2.26. The number of ketones is 1. The summed E-state index contributed by atoms with van der Waals surface area (Å²) in [5.74, 6) is 0.0174. The van der Waals surface area contributed by atoms with Gasteiger partial charge >= 0.3 is 0 Å². The maximum Gasteiger partial charge on any atom is 0.179 e. The third kappa shape index (κ3) is 1.36. The minimum atomic E-state index is -0.342. The first kappa shape index (κ1) is 8.73. The fraction of sp³-hybridized carbons (Fsp3) is 0.300. The van der Waals surface area contributed by atoms with Gasteiger partial charge in [0.15, 0.2) is 5.78 Å². The minimum absolute atomic E-state index is 0.0174. The summed E-state index contributed by atoms with van der Waals surface area (Å²) in [7, 11) is 0. The molecule has 1 atom stereocenters. The van der Waals surface area contributed by atoms with Crippen LogP contribution in [0.1, 0.15) is 22.3 Å². The molecule has 0 aliphatic heterocycles. The smallest absolute Gasteiger partial charge is 0.179 e. The van der Waals surface area contributed by atoms with Crippen LogP contribution >= 0.6 is 11.6 Å². The minimum Gasteiger partial charge on any atom is -0.321 e. The van der Waals surface area contributed by atoms with E-state index in [0.717, 1.165) is 12.0 Å². The van der Waals surface area contributed by atoms with Crippen LogP contribution < -0.4 is 5.73 Å². The molecule has 13 heavy (non-hydrogen) atoms. The Labute approximate surface area is 81.7 Å². The van der Waals surface area contributed by atoms with E-state index in [1.54, 1.807) is 12.1 Å². The molecule has 0 aromatic heterocycles. The Balaban J connectivity index is 2.55. The molecule has 1 aliphatic rings. The number of benzene rings is 1. The van der Waals surface area contributed by atoms with Crippen LogP contribution in [-0.2, 0) is 6.42 Å². The lowest BCUT2D eigenvalue weighted by Gasteiger charge is -2.20. The zero-order chi connectivity index (χ0) is 9.42.